The number of rotatable bonds is 4. The van der Waals surface area contributed by atoms with Gasteiger partial charge in [-0.15, -0.1) is 0 Å². The summed E-state index contributed by atoms with van der Waals surface area (Å²) in [6.45, 7) is 0.637. The van der Waals surface area contributed by atoms with Gasteiger partial charge < -0.3 is 14.4 Å². The maximum atomic E-state index is 12.7. The molecular weight excluding hydrogens is 290 g/mol. The van der Waals surface area contributed by atoms with Gasteiger partial charge in [-0.1, -0.05) is 30.3 Å². The predicted octanol–water partition coefficient (Wildman–Crippen LogP) is 3.22. The molecule has 0 spiro atoms. The number of para-hydroxylation sites is 1. The summed E-state index contributed by atoms with van der Waals surface area (Å²) >= 11 is 0. The van der Waals surface area contributed by atoms with Crippen LogP contribution in [0.2, 0.25) is 0 Å². The highest BCUT2D eigenvalue weighted by Crippen LogP contribution is 2.35. The monoisotopic (exact) mass is 311 g/mol. The van der Waals surface area contributed by atoms with Crippen molar-refractivity contribution >= 4 is 5.91 Å². The van der Waals surface area contributed by atoms with Gasteiger partial charge in [-0.3, -0.25) is 4.79 Å². The van der Waals surface area contributed by atoms with Crippen LogP contribution < -0.4 is 9.47 Å². The molecular formula is C19H21NO3. The molecule has 120 valence electrons. The molecule has 0 N–H and O–H groups in total. The Labute approximate surface area is 136 Å². The van der Waals surface area contributed by atoms with E-state index in [9.17, 15) is 4.79 Å². The minimum absolute atomic E-state index is 0.0676. The lowest BCUT2D eigenvalue weighted by Gasteiger charge is -2.33. The van der Waals surface area contributed by atoms with Crippen LogP contribution in [0.1, 0.15) is 23.6 Å². The molecule has 3 rings (SSSR count). The third kappa shape index (κ3) is 3.31. The van der Waals surface area contributed by atoms with Crippen LogP contribution in [-0.2, 0) is 11.2 Å². The van der Waals surface area contributed by atoms with Gasteiger partial charge in [0.25, 0.3) is 0 Å². The van der Waals surface area contributed by atoms with Crippen molar-refractivity contribution in [3.8, 4) is 11.5 Å². The van der Waals surface area contributed by atoms with Crippen LogP contribution in [-0.4, -0.2) is 31.6 Å². The van der Waals surface area contributed by atoms with E-state index in [0.29, 0.717) is 13.0 Å². The van der Waals surface area contributed by atoms with Crippen molar-refractivity contribution in [3.63, 3.8) is 0 Å². The van der Waals surface area contributed by atoms with Gasteiger partial charge in [-0.05, 0) is 23.8 Å². The zero-order valence-corrected chi connectivity index (χ0v) is 13.5. The Balaban J connectivity index is 1.75. The smallest absolute Gasteiger partial charge is 0.227 e. The van der Waals surface area contributed by atoms with Crippen LogP contribution >= 0.6 is 0 Å². The van der Waals surface area contributed by atoms with Crippen molar-refractivity contribution in [3.05, 3.63) is 59.7 Å². The first-order valence-electron chi connectivity index (χ1n) is 7.79. The molecule has 2 aromatic rings. The fourth-order valence-electron chi connectivity index (χ4n) is 2.98. The predicted molar refractivity (Wildman–Crippen MR) is 88.8 cm³/mol. The second kappa shape index (κ2) is 6.73. The highest BCUT2D eigenvalue weighted by molar-refractivity contribution is 5.79. The van der Waals surface area contributed by atoms with Gasteiger partial charge in [0, 0.05) is 19.0 Å². The number of amides is 1. The van der Waals surface area contributed by atoms with Crippen LogP contribution in [0.15, 0.2) is 48.5 Å². The van der Waals surface area contributed by atoms with E-state index in [-0.39, 0.29) is 11.9 Å². The van der Waals surface area contributed by atoms with Gasteiger partial charge in [-0.2, -0.15) is 0 Å². The van der Waals surface area contributed by atoms with Crippen LogP contribution in [0.5, 0.6) is 11.5 Å². The highest BCUT2D eigenvalue weighted by Gasteiger charge is 2.27. The third-order valence-electron chi connectivity index (χ3n) is 4.28. The molecule has 0 fully saturated rings. The fraction of sp³-hybridized carbons (Fsp3) is 0.316. The lowest BCUT2D eigenvalue weighted by molar-refractivity contribution is -0.131. The molecule has 1 atom stereocenters. The Morgan fingerprint density at radius 1 is 1.26 bits per heavy atom. The van der Waals surface area contributed by atoms with E-state index in [0.717, 1.165) is 29.0 Å². The average molecular weight is 311 g/mol. The molecule has 23 heavy (non-hydrogen) atoms. The molecule has 0 aromatic heterocycles. The lowest BCUT2D eigenvalue weighted by Crippen LogP contribution is -2.35. The topological polar surface area (TPSA) is 38.8 Å². The number of fused-ring (bicyclic) bond motifs is 1. The lowest BCUT2D eigenvalue weighted by atomic mass is 9.98. The average Bonchev–Trinajstić information content (AvgIpc) is 2.60. The van der Waals surface area contributed by atoms with E-state index in [1.807, 2.05) is 60.5 Å². The van der Waals surface area contributed by atoms with Gasteiger partial charge in [0.15, 0.2) is 0 Å². The summed E-state index contributed by atoms with van der Waals surface area (Å²) in [5, 5.41) is 0. The number of carbonyl (C=O) groups excluding carboxylic acids is 1. The standard InChI is InChI=1S/C19H21NO3/c1-20(17-10-11-23-18-9-4-3-8-16(17)18)19(21)13-14-6-5-7-15(12-14)22-2/h3-9,12,17H,10-11,13H2,1-2H3. The Bertz CT molecular complexity index is 699. The molecule has 1 unspecified atom stereocenters. The Morgan fingerprint density at radius 3 is 2.91 bits per heavy atom. The minimum Gasteiger partial charge on any atom is -0.497 e. The molecule has 1 heterocycles. The summed E-state index contributed by atoms with van der Waals surface area (Å²) in [4.78, 5) is 14.5. The van der Waals surface area contributed by atoms with Gasteiger partial charge in [0.05, 0.1) is 26.2 Å². The maximum absolute atomic E-state index is 12.7. The third-order valence-corrected chi connectivity index (χ3v) is 4.28. The number of carbonyl (C=O) groups is 1. The van der Waals surface area contributed by atoms with Crippen LogP contribution in [0, 0.1) is 0 Å². The SMILES string of the molecule is COc1cccc(CC(=O)N(C)C2CCOc3ccccc32)c1. The summed E-state index contributed by atoms with van der Waals surface area (Å²) in [7, 11) is 3.50. The largest absolute Gasteiger partial charge is 0.497 e. The van der Waals surface area contributed by atoms with Gasteiger partial charge in [0.2, 0.25) is 5.91 Å². The van der Waals surface area contributed by atoms with Gasteiger partial charge in [-0.25, -0.2) is 0 Å². The zero-order chi connectivity index (χ0) is 16.2. The molecule has 1 amide bonds. The summed E-state index contributed by atoms with van der Waals surface area (Å²) < 4.78 is 10.9. The molecule has 0 aliphatic carbocycles. The molecule has 0 bridgehead atoms. The van der Waals surface area contributed by atoms with E-state index in [1.54, 1.807) is 7.11 Å². The number of nitrogens with zero attached hydrogens (tertiary/aromatic N) is 1. The first kappa shape index (κ1) is 15.4. The molecule has 1 aliphatic heterocycles. The summed E-state index contributed by atoms with van der Waals surface area (Å²) in [6.07, 6.45) is 1.19. The van der Waals surface area contributed by atoms with E-state index in [4.69, 9.17) is 9.47 Å². The molecule has 4 heteroatoms. The van der Waals surface area contributed by atoms with Crippen LogP contribution in [0.3, 0.4) is 0 Å². The number of hydrogen-bond acceptors (Lipinski definition) is 3. The summed E-state index contributed by atoms with van der Waals surface area (Å²) in [6, 6.07) is 15.7. The normalized spacial score (nSPS) is 16.2. The first-order chi connectivity index (χ1) is 11.2. The molecule has 2 aromatic carbocycles. The fourth-order valence-corrected chi connectivity index (χ4v) is 2.98. The van der Waals surface area contributed by atoms with Crippen molar-refractivity contribution in [2.45, 2.75) is 18.9 Å². The molecule has 0 saturated heterocycles. The van der Waals surface area contributed by atoms with Crippen LogP contribution in [0.25, 0.3) is 0 Å². The number of benzene rings is 2. The van der Waals surface area contributed by atoms with Gasteiger partial charge >= 0.3 is 0 Å². The van der Waals surface area contributed by atoms with Crippen molar-refractivity contribution in [2.75, 3.05) is 20.8 Å². The maximum Gasteiger partial charge on any atom is 0.227 e. The number of hydrogen-bond donors (Lipinski definition) is 0. The van der Waals surface area contributed by atoms with E-state index in [1.165, 1.54) is 0 Å². The first-order valence-corrected chi connectivity index (χ1v) is 7.79. The number of ether oxygens (including phenoxy) is 2. The second-order valence-electron chi connectivity index (χ2n) is 5.72. The van der Waals surface area contributed by atoms with Gasteiger partial charge in [0.1, 0.15) is 11.5 Å². The van der Waals surface area contributed by atoms with Crippen molar-refractivity contribution in [1.29, 1.82) is 0 Å². The van der Waals surface area contributed by atoms with E-state index < -0.39 is 0 Å². The minimum atomic E-state index is 0.0676. The Hall–Kier alpha value is -2.49. The highest BCUT2D eigenvalue weighted by atomic mass is 16.5. The quantitative estimate of drug-likeness (QED) is 0.870. The number of likely N-dealkylation sites (N-methyl/N-ethyl adjacent to an activating group) is 1. The van der Waals surface area contributed by atoms with Crippen molar-refractivity contribution in [1.82, 2.24) is 4.90 Å². The van der Waals surface area contributed by atoms with Crippen molar-refractivity contribution in [2.24, 2.45) is 0 Å². The molecule has 4 nitrogen and oxygen atoms in total. The Morgan fingerprint density at radius 2 is 2.09 bits per heavy atom. The number of methoxy groups -OCH3 is 1. The molecule has 0 radical (unpaired) electrons. The Kier molecular flexibility index (Phi) is 4.51. The second-order valence-corrected chi connectivity index (χ2v) is 5.72. The van der Waals surface area contributed by atoms with Crippen molar-refractivity contribution < 1.29 is 14.3 Å². The van der Waals surface area contributed by atoms with E-state index in [2.05, 4.69) is 0 Å². The molecule has 0 saturated carbocycles. The summed E-state index contributed by atoms with van der Waals surface area (Å²) in [5.41, 5.74) is 2.04. The zero-order valence-electron chi connectivity index (χ0n) is 13.5. The van der Waals surface area contributed by atoms with Crippen LogP contribution in [0.4, 0.5) is 0 Å². The molecule has 1 aliphatic rings. The summed E-state index contributed by atoms with van der Waals surface area (Å²) in [5.74, 6) is 1.75. The van der Waals surface area contributed by atoms with E-state index >= 15 is 0 Å².